The molecule has 2 aromatic carbocycles. The Morgan fingerprint density at radius 3 is 2.18 bits per heavy atom. The van der Waals surface area contributed by atoms with Crippen LogP contribution in [0.25, 0.3) is 0 Å². The predicted molar refractivity (Wildman–Crippen MR) is 108 cm³/mol. The van der Waals surface area contributed by atoms with E-state index in [1.54, 1.807) is 28.1 Å². The maximum Gasteiger partial charge on any atom is 0.235 e. The van der Waals surface area contributed by atoms with Gasteiger partial charge >= 0.3 is 0 Å². The molecule has 2 rings (SSSR count). The van der Waals surface area contributed by atoms with Gasteiger partial charge in [-0.15, -0.1) is 0 Å². The molecular formula is C22H28N2O4. The summed E-state index contributed by atoms with van der Waals surface area (Å²) >= 11 is 0. The van der Waals surface area contributed by atoms with Crippen molar-refractivity contribution < 1.29 is 19.1 Å². The summed E-state index contributed by atoms with van der Waals surface area (Å²) in [6.07, 6.45) is 0.624. The smallest absolute Gasteiger partial charge is 0.235 e. The molecule has 0 fully saturated rings. The molecule has 0 spiro atoms. The number of carbonyl (C=O) groups excluding carboxylic acids is 2. The van der Waals surface area contributed by atoms with Crippen molar-refractivity contribution in [3.05, 3.63) is 59.7 Å². The van der Waals surface area contributed by atoms with Gasteiger partial charge in [-0.3, -0.25) is 9.59 Å². The topological polar surface area (TPSA) is 76.7 Å². The van der Waals surface area contributed by atoms with Crippen molar-refractivity contribution >= 4 is 11.8 Å². The van der Waals surface area contributed by atoms with Gasteiger partial charge in [0.2, 0.25) is 11.8 Å². The molecule has 0 bridgehead atoms. The van der Waals surface area contributed by atoms with Crippen LogP contribution < -0.4 is 20.1 Å². The van der Waals surface area contributed by atoms with Crippen molar-refractivity contribution in [1.82, 2.24) is 10.6 Å². The van der Waals surface area contributed by atoms with Gasteiger partial charge in [-0.2, -0.15) is 0 Å². The molecule has 0 unspecified atom stereocenters. The number of nitrogens with one attached hydrogen (secondary N) is 2. The lowest BCUT2D eigenvalue weighted by Crippen LogP contribution is -2.48. The predicted octanol–water partition coefficient (Wildman–Crippen LogP) is 2.71. The van der Waals surface area contributed by atoms with E-state index in [0.29, 0.717) is 19.5 Å². The lowest BCUT2D eigenvalue weighted by atomic mass is 9.91. The lowest BCUT2D eigenvalue weighted by molar-refractivity contribution is -0.141. The van der Waals surface area contributed by atoms with Crippen molar-refractivity contribution in [2.75, 3.05) is 20.8 Å². The fraction of sp³-hybridized carbons (Fsp3) is 0.364. The van der Waals surface area contributed by atoms with Crippen LogP contribution in [0, 0.1) is 5.41 Å². The van der Waals surface area contributed by atoms with E-state index in [1.165, 1.54) is 0 Å². The summed E-state index contributed by atoms with van der Waals surface area (Å²) in [5.41, 5.74) is 0.765. The summed E-state index contributed by atoms with van der Waals surface area (Å²) in [5.74, 6) is 0.908. The zero-order valence-corrected chi connectivity index (χ0v) is 16.9. The third-order valence-electron chi connectivity index (χ3n) is 4.62. The van der Waals surface area contributed by atoms with Crippen LogP contribution in [0.2, 0.25) is 0 Å². The normalized spacial score (nSPS) is 10.9. The quantitative estimate of drug-likeness (QED) is 0.652. The van der Waals surface area contributed by atoms with Crippen molar-refractivity contribution in [3.63, 3.8) is 0 Å². The van der Waals surface area contributed by atoms with E-state index in [4.69, 9.17) is 9.47 Å². The molecule has 0 saturated heterocycles. The third kappa shape index (κ3) is 5.49. The van der Waals surface area contributed by atoms with Crippen LogP contribution in [0.5, 0.6) is 11.5 Å². The SMILES string of the molecule is COc1ccc(CNC(=O)C(C)(C)C(=O)NCCc2ccccc2OC)cc1. The molecule has 0 aliphatic heterocycles. The Morgan fingerprint density at radius 2 is 1.54 bits per heavy atom. The van der Waals surface area contributed by atoms with Crippen LogP contribution in [0.1, 0.15) is 25.0 Å². The Balaban J connectivity index is 1.85. The van der Waals surface area contributed by atoms with Gasteiger partial charge in [-0.25, -0.2) is 0 Å². The summed E-state index contributed by atoms with van der Waals surface area (Å²) < 4.78 is 10.4. The minimum atomic E-state index is -1.17. The molecule has 2 aromatic rings. The molecule has 0 aromatic heterocycles. The Labute approximate surface area is 166 Å². The Hall–Kier alpha value is -3.02. The molecule has 0 aliphatic carbocycles. The molecular weight excluding hydrogens is 356 g/mol. The summed E-state index contributed by atoms with van der Waals surface area (Å²) in [6, 6.07) is 15.1. The summed E-state index contributed by atoms with van der Waals surface area (Å²) in [6.45, 7) is 4.01. The van der Waals surface area contributed by atoms with Crippen LogP contribution in [0.15, 0.2) is 48.5 Å². The van der Waals surface area contributed by atoms with E-state index in [1.807, 2.05) is 48.5 Å². The number of rotatable bonds is 9. The maximum atomic E-state index is 12.5. The number of hydrogen-bond acceptors (Lipinski definition) is 4. The molecule has 6 heteroatoms. The average Bonchev–Trinajstić information content (AvgIpc) is 2.72. The molecule has 2 N–H and O–H groups in total. The van der Waals surface area contributed by atoms with Crippen LogP contribution in [0.4, 0.5) is 0 Å². The molecule has 6 nitrogen and oxygen atoms in total. The molecule has 150 valence electrons. The third-order valence-corrected chi connectivity index (χ3v) is 4.62. The highest BCUT2D eigenvalue weighted by molar-refractivity contribution is 6.04. The van der Waals surface area contributed by atoms with Crippen LogP contribution >= 0.6 is 0 Å². The largest absolute Gasteiger partial charge is 0.497 e. The van der Waals surface area contributed by atoms with Gasteiger partial charge in [-0.05, 0) is 49.6 Å². The molecule has 2 amide bonds. The Morgan fingerprint density at radius 1 is 0.893 bits per heavy atom. The highest BCUT2D eigenvalue weighted by atomic mass is 16.5. The highest BCUT2D eigenvalue weighted by Crippen LogP contribution is 2.19. The van der Waals surface area contributed by atoms with Crippen LogP contribution in [-0.4, -0.2) is 32.6 Å². The van der Waals surface area contributed by atoms with Crippen LogP contribution in [0.3, 0.4) is 0 Å². The van der Waals surface area contributed by atoms with E-state index < -0.39 is 5.41 Å². The monoisotopic (exact) mass is 384 g/mol. The van der Waals surface area contributed by atoms with Gasteiger partial charge in [0.25, 0.3) is 0 Å². The van der Waals surface area contributed by atoms with Gasteiger partial charge in [0.15, 0.2) is 0 Å². The molecule has 0 heterocycles. The Bertz CT molecular complexity index is 800. The number of methoxy groups -OCH3 is 2. The standard InChI is InChI=1S/C22H28N2O4/c1-22(2,21(26)24-15-16-9-11-18(27-3)12-10-16)20(25)23-14-13-17-7-5-6-8-19(17)28-4/h5-12H,13-15H2,1-4H3,(H,23,25)(H,24,26). The number of benzene rings is 2. The first kappa shape index (κ1) is 21.3. The van der Waals surface area contributed by atoms with Gasteiger partial charge in [-0.1, -0.05) is 30.3 Å². The second-order valence-electron chi connectivity index (χ2n) is 6.97. The fourth-order valence-electron chi connectivity index (χ4n) is 2.69. The number of amides is 2. The minimum Gasteiger partial charge on any atom is -0.497 e. The molecule has 0 atom stereocenters. The molecule has 28 heavy (non-hydrogen) atoms. The zero-order chi connectivity index (χ0) is 20.6. The average molecular weight is 384 g/mol. The first-order valence-corrected chi connectivity index (χ1v) is 9.20. The molecule has 0 aliphatic rings. The van der Waals surface area contributed by atoms with Gasteiger partial charge in [0, 0.05) is 13.1 Å². The van der Waals surface area contributed by atoms with Gasteiger partial charge in [0.05, 0.1) is 14.2 Å². The van der Waals surface area contributed by atoms with Crippen LogP contribution in [-0.2, 0) is 22.6 Å². The number of para-hydroxylation sites is 1. The van der Waals surface area contributed by atoms with E-state index in [9.17, 15) is 9.59 Å². The van der Waals surface area contributed by atoms with Crippen molar-refractivity contribution in [3.8, 4) is 11.5 Å². The zero-order valence-electron chi connectivity index (χ0n) is 16.9. The van der Waals surface area contributed by atoms with Gasteiger partial charge in [0.1, 0.15) is 16.9 Å². The summed E-state index contributed by atoms with van der Waals surface area (Å²) in [7, 11) is 3.22. The number of ether oxygens (including phenoxy) is 2. The second-order valence-corrected chi connectivity index (χ2v) is 6.97. The van der Waals surface area contributed by atoms with Gasteiger partial charge < -0.3 is 20.1 Å². The van der Waals surface area contributed by atoms with Crippen molar-refractivity contribution in [2.45, 2.75) is 26.8 Å². The van der Waals surface area contributed by atoms with E-state index in [2.05, 4.69) is 10.6 Å². The van der Waals surface area contributed by atoms with E-state index in [0.717, 1.165) is 22.6 Å². The molecule has 0 saturated carbocycles. The first-order valence-electron chi connectivity index (χ1n) is 9.20. The van der Waals surface area contributed by atoms with Crippen molar-refractivity contribution in [1.29, 1.82) is 0 Å². The van der Waals surface area contributed by atoms with E-state index >= 15 is 0 Å². The summed E-state index contributed by atoms with van der Waals surface area (Å²) in [5, 5.41) is 5.67. The molecule has 0 radical (unpaired) electrons. The number of carbonyl (C=O) groups is 2. The number of hydrogen-bond donors (Lipinski definition) is 2. The highest BCUT2D eigenvalue weighted by Gasteiger charge is 2.35. The lowest BCUT2D eigenvalue weighted by Gasteiger charge is -2.23. The first-order chi connectivity index (χ1) is 13.4. The maximum absolute atomic E-state index is 12.5. The summed E-state index contributed by atoms with van der Waals surface area (Å²) in [4.78, 5) is 25.0. The minimum absolute atomic E-state index is 0.311. The second kappa shape index (κ2) is 9.78. The fourth-order valence-corrected chi connectivity index (χ4v) is 2.69. The van der Waals surface area contributed by atoms with Crippen molar-refractivity contribution in [2.24, 2.45) is 5.41 Å². The van der Waals surface area contributed by atoms with E-state index in [-0.39, 0.29) is 11.8 Å². The Kier molecular flexibility index (Phi) is 7.44.